The molecule has 0 saturated carbocycles. The van der Waals surface area contributed by atoms with Gasteiger partial charge in [-0.1, -0.05) is 29.8 Å². The van der Waals surface area contributed by atoms with Crippen LogP contribution >= 0.6 is 0 Å². The van der Waals surface area contributed by atoms with Gasteiger partial charge in [0, 0.05) is 12.2 Å². The van der Waals surface area contributed by atoms with Crippen LogP contribution in [0.4, 0.5) is 0 Å². The lowest BCUT2D eigenvalue weighted by Crippen LogP contribution is -2.18. The van der Waals surface area contributed by atoms with E-state index in [9.17, 15) is 0 Å². The summed E-state index contributed by atoms with van der Waals surface area (Å²) in [6, 6.07) is 9.58. The van der Waals surface area contributed by atoms with E-state index >= 15 is 0 Å². The minimum absolute atomic E-state index is 0.334. The molecule has 3 rings (SSSR count). The van der Waals surface area contributed by atoms with Gasteiger partial charge in [-0.2, -0.15) is 0 Å². The normalized spacial score (nSPS) is 20.6. The number of nitrogens with one attached hydrogen (secondary N) is 1. The van der Waals surface area contributed by atoms with E-state index in [1.54, 1.807) is 0 Å². The van der Waals surface area contributed by atoms with Gasteiger partial charge in [0.1, 0.15) is 0 Å². The van der Waals surface area contributed by atoms with Crippen molar-refractivity contribution in [1.29, 1.82) is 0 Å². The summed E-state index contributed by atoms with van der Waals surface area (Å²) >= 11 is 0. The molecule has 1 aromatic heterocycles. The molecular weight excluding hydrogens is 234 g/mol. The molecule has 0 aliphatic carbocycles. The van der Waals surface area contributed by atoms with Gasteiger partial charge in [-0.15, -0.1) is 0 Å². The molecule has 1 aliphatic heterocycles. The average molecular weight is 255 g/mol. The Morgan fingerprint density at radius 3 is 2.79 bits per heavy atom. The Hall–Kier alpha value is -1.61. The van der Waals surface area contributed by atoms with E-state index < -0.39 is 0 Å². The van der Waals surface area contributed by atoms with Crippen molar-refractivity contribution in [3.63, 3.8) is 0 Å². The third-order valence-electron chi connectivity index (χ3n) is 4.09. The van der Waals surface area contributed by atoms with Crippen LogP contribution in [0.25, 0.3) is 0 Å². The number of benzene rings is 1. The van der Waals surface area contributed by atoms with E-state index in [2.05, 4.69) is 53.0 Å². The Labute approximate surface area is 114 Å². The van der Waals surface area contributed by atoms with Crippen molar-refractivity contribution in [3.8, 4) is 0 Å². The molecule has 1 fully saturated rings. The van der Waals surface area contributed by atoms with Gasteiger partial charge in [-0.3, -0.25) is 0 Å². The first-order valence-corrected chi connectivity index (χ1v) is 7.07. The summed E-state index contributed by atoms with van der Waals surface area (Å²) in [5, 5.41) is 3.55. The fourth-order valence-electron chi connectivity index (χ4n) is 2.85. The Balaban J connectivity index is 1.89. The molecule has 100 valence electrons. The van der Waals surface area contributed by atoms with E-state index in [1.807, 2.05) is 12.5 Å². The van der Waals surface area contributed by atoms with Crippen LogP contribution in [0.5, 0.6) is 0 Å². The minimum Gasteiger partial charge on any atom is -0.326 e. The second-order valence-electron chi connectivity index (χ2n) is 5.46. The predicted molar refractivity (Wildman–Crippen MR) is 77.2 cm³/mol. The molecule has 1 saturated heterocycles. The molecule has 0 spiro atoms. The van der Waals surface area contributed by atoms with E-state index in [-0.39, 0.29) is 0 Å². The Morgan fingerprint density at radius 2 is 2.11 bits per heavy atom. The molecule has 3 nitrogen and oxygen atoms in total. The van der Waals surface area contributed by atoms with Gasteiger partial charge < -0.3 is 9.88 Å². The number of aryl methyl sites for hydroxylation is 1. The summed E-state index contributed by atoms with van der Waals surface area (Å²) in [4.78, 5) is 4.35. The largest absolute Gasteiger partial charge is 0.326 e. The fourth-order valence-corrected chi connectivity index (χ4v) is 2.85. The highest BCUT2D eigenvalue weighted by atomic mass is 15.1. The fraction of sp³-hybridized carbons (Fsp3) is 0.438. The SMILES string of the molecule is Cc1ccc(C(C)n2cncc2C2CCCN2)cc1. The lowest BCUT2D eigenvalue weighted by molar-refractivity contribution is 0.538. The second kappa shape index (κ2) is 5.17. The molecule has 2 atom stereocenters. The summed E-state index contributed by atoms with van der Waals surface area (Å²) < 4.78 is 2.30. The van der Waals surface area contributed by atoms with Gasteiger partial charge in [-0.05, 0) is 38.8 Å². The molecule has 1 N–H and O–H groups in total. The van der Waals surface area contributed by atoms with Crippen LogP contribution in [-0.2, 0) is 0 Å². The highest BCUT2D eigenvalue weighted by Crippen LogP contribution is 2.27. The monoisotopic (exact) mass is 255 g/mol. The quantitative estimate of drug-likeness (QED) is 0.912. The summed E-state index contributed by atoms with van der Waals surface area (Å²) in [7, 11) is 0. The summed E-state index contributed by atoms with van der Waals surface area (Å²) in [6.07, 6.45) is 6.44. The van der Waals surface area contributed by atoms with Crippen molar-refractivity contribution in [2.45, 2.75) is 38.8 Å². The zero-order valence-corrected chi connectivity index (χ0v) is 11.6. The third-order valence-corrected chi connectivity index (χ3v) is 4.09. The Bertz CT molecular complexity index is 535. The maximum absolute atomic E-state index is 4.35. The zero-order chi connectivity index (χ0) is 13.2. The molecule has 1 aromatic carbocycles. The lowest BCUT2D eigenvalue weighted by atomic mass is 10.1. The lowest BCUT2D eigenvalue weighted by Gasteiger charge is -2.20. The number of hydrogen-bond acceptors (Lipinski definition) is 2. The first kappa shape index (κ1) is 12.4. The Morgan fingerprint density at radius 1 is 1.32 bits per heavy atom. The molecule has 1 aliphatic rings. The zero-order valence-electron chi connectivity index (χ0n) is 11.6. The number of rotatable bonds is 3. The average Bonchev–Trinajstić information content (AvgIpc) is 3.09. The molecule has 2 heterocycles. The van der Waals surface area contributed by atoms with E-state index in [0.29, 0.717) is 12.1 Å². The highest BCUT2D eigenvalue weighted by molar-refractivity contribution is 5.25. The predicted octanol–water partition coefficient (Wildman–Crippen LogP) is 3.23. The standard InChI is InChI=1S/C16H21N3/c1-12-5-7-14(8-6-12)13(2)19-11-17-10-16(19)15-4-3-9-18-15/h5-8,10-11,13,15,18H,3-4,9H2,1-2H3. The van der Waals surface area contributed by atoms with Crippen molar-refractivity contribution >= 4 is 0 Å². The molecule has 0 amide bonds. The number of nitrogens with zero attached hydrogens (tertiary/aromatic N) is 2. The van der Waals surface area contributed by atoms with Crippen molar-refractivity contribution in [2.75, 3.05) is 6.54 Å². The molecule has 0 bridgehead atoms. The molecule has 2 unspecified atom stereocenters. The van der Waals surface area contributed by atoms with Gasteiger partial charge >= 0.3 is 0 Å². The highest BCUT2D eigenvalue weighted by Gasteiger charge is 2.22. The van der Waals surface area contributed by atoms with Crippen molar-refractivity contribution in [3.05, 3.63) is 53.6 Å². The molecule has 19 heavy (non-hydrogen) atoms. The summed E-state index contributed by atoms with van der Waals surface area (Å²) in [6.45, 7) is 5.49. The maximum Gasteiger partial charge on any atom is 0.0954 e. The maximum atomic E-state index is 4.35. The molecular formula is C16H21N3. The van der Waals surface area contributed by atoms with Crippen LogP contribution in [0.15, 0.2) is 36.8 Å². The number of hydrogen-bond donors (Lipinski definition) is 1. The van der Waals surface area contributed by atoms with E-state index in [4.69, 9.17) is 0 Å². The molecule has 0 radical (unpaired) electrons. The summed E-state index contributed by atoms with van der Waals surface area (Å²) in [5.41, 5.74) is 3.95. The van der Waals surface area contributed by atoms with Crippen molar-refractivity contribution in [1.82, 2.24) is 14.9 Å². The third kappa shape index (κ3) is 2.43. The first-order valence-electron chi connectivity index (χ1n) is 7.07. The summed E-state index contributed by atoms with van der Waals surface area (Å²) in [5.74, 6) is 0. The van der Waals surface area contributed by atoms with Crippen LogP contribution in [0.3, 0.4) is 0 Å². The van der Waals surface area contributed by atoms with Crippen LogP contribution in [0.1, 0.15) is 48.7 Å². The topological polar surface area (TPSA) is 29.9 Å². The number of aromatic nitrogens is 2. The second-order valence-corrected chi connectivity index (χ2v) is 5.46. The van der Waals surface area contributed by atoms with Gasteiger partial charge in [-0.25, -0.2) is 4.98 Å². The smallest absolute Gasteiger partial charge is 0.0954 e. The van der Waals surface area contributed by atoms with Gasteiger partial charge in [0.05, 0.1) is 18.1 Å². The van der Waals surface area contributed by atoms with Gasteiger partial charge in [0.15, 0.2) is 0 Å². The van der Waals surface area contributed by atoms with Crippen molar-refractivity contribution in [2.24, 2.45) is 0 Å². The van der Waals surface area contributed by atoms with Crippen LogP contribution in [-0.4, -0.2) is 16.1 Å². The molecule has 2 aromatic rings. The van der Waals surface area contributed by atoms with Crippen molar-refractivity contribution < 1.29 is 0 Å². The van der Waals surface area contributed by atoms with Gasteiger partial charge in [0.25, 0.3) is 0 Å². The Kier molecular flexibility index (Phi) is 3.38. The van der Waals surface area contributed by atoms with Crippen LogP contribution in [0, 0.1) is 6.92 Å². The first-order chi connectivity index (χ1) is 9.25. The van der Waals surface area contributed by atoms with E-state index in [1.165, 1.54) is 29.7 Å². The minimum atomic E-state index is 0.334. The van der Waals surface area contributed by atoms with Gasteiger partial charge in [0.2, 0.25) is 0 Å². The number of imidazole rings is 1. The van der Waals surface area contributed by atoms with Crippen LogP contribution in [0.2, 0.25) is 0 Å². The molecule has 3 heteroatoms. The van der Waals surface area contributed by atoms with E-state index in [0.717, 1.165) is 6.54 Å². The van der Waals surface area contributed by atoms with Crippen LogP contribution < -0.4 is 5.32 Å².